The molecule has 154 valence electrons. The Morgan fingerprint density at radius 2 is 1.70 bits per heavy atom. The van der Waals surface area contributed by atoms with Crippen molar-refractivity contribution < 1.29 is 14.3 Å². The topological polar surface area (TPSA) is 73.3 Å². The molecule has 1 unspecified atom stereocenters. The van der Waals surface area contributed by atoms with Gasteiger partial charge in [-0.05, 0) is 36.1 Å². The average molecular weight is 424 g/mol. The number of hydrogen-bond acceptors (Lipinski definition) is 6. The van der Waals surface area contributed by atoms with Crippen LogP contribution in [0.1, 0.15) is 52.2 Å². The number of aromatic nitrogens is 2. The highest BCUT2D eigenvalue weighted by Crippen LogP contribution is 2.40. The second-order valence-corrected chi connectivity index (χ2v) is 7.50. The van der Waals surface area contributed by atoms with E-state index in [1.807, 2.05) is 54.6 Å². The maximum atomic E-state index is 12.2. The molecule has 6 nitrogen and oxygen atoms in total. The van der Waals surface area contributed by atoms with Crippen molar-refractivity contribution in [3.63, 3.8) is 0 Å². The van der Waals surface area contributed by atoms with Gasteiger partial charge in [0.2, 0.25) is 0 Å². The number of ether oxygens (including phenoxy) is 2. The molecule has 1 aromatic heterocycles. The lowest BCUT2D eigenvalue weighted by molar-refractivity contribution is 0.0593. The normalized spacial score (nSPS) is 14.1. The fourth-order valence-electron chi connectivity index (χ4n) is 3.25. The first-order chi connectivity index (χ1) is 14.6. The largest absolute Gasteiger partial charge is 0.497 e. The fraction of sp³-hybridized carbons (Fsp3) is 0.261. The van der Waals surface area contributed by atoms with E-state index in [1.54, 1.807) is 7.11 Å². The number of halogens is 1. The third-order valence-corrected chi connectivity index (χ3v) is 5.41. The second kappa shape index (κ2) is 8.71. The van der Waals surface area contributed by atoms with Gasteiger partial charge in [0.15, 0.2) is 5.69 Å². The van der Waals surface area contributed by atoms with Crippen LogP contribution < -0.4 is 10.1 Å². The number of nitrogens with one attached hydrogen (secondary N) is 1. The summed E-state index contributed by atoms with van der Waals surface area (Å²) in [6, 6.07) is 17.5. The second-order valence-electron chi connectivity index (χ2n) is 7.12. The molecule has 0 spiro atoms. The van der Waals surface area contributed by atoms with Gasteiger partial charge in [-0.3, -0.25) is 0 Å². The van der Waals surface area contributed by atoms with Gasteiger partial charge >= 0.3 is 5.97 Å². The molecule has 0 amide bonds. The van der Waals surface area contributed by atoms with E-state index in [0.717, 1.165) is 29.7 Å². The summed E-state index contributed by atoms with van der Waals surface area (Å²) in [5, 5.41) is 3.58. The van der Waals surface area contributed by atoms with Crippen LogP contribution in [0.5, 0.6) is 5.75 Å². The minimum absolute atomic E-state index is 0.0834. The summed E-state index contributed by atoms with van der Waals surface area (Å²) in [4.78, 5) is 21.3. The van der Waals surface area contributed by atoms with Crippen LogP contribution in [0.2, 0.25) is 5.02 Å². The molecule has 1 atom stereocenters. The monoisotopic (exact) mass is 423 g/mol. The van der Waals surface area contributed by atoms with Gasteiger partial charge in [0.1, 0.15) is 22.4 Å². The van der Waals surface area contributed by atoms with E-state index >= 15 is 0 Å². The highest BCUT2D eigenvalue weighted by Gasteiger charge is 2.31. The van der Waals surface area contributed by atoms with Crippen molar-refractivity contribution in [3.8, 4) is 5.75 Å². The first kappa shape index (κ1) is 20.2. The summed E-state index contributed by atoms with van der Waals surface area (Å²) in [7, 11) is 2.95. The Hall–Kier alpha value is -3.12. The van der Waals surface area contributed by atoms with E-state index in [4.69, 9.17) is 21.1 Å². The summed E-state index contributed by atoms with van der Waals surface area (Å²) < 4.78 is 10.2. The molecule has 0 bridgehead atoms. The van der Waals surface area contributed by atoms with Gasteiger partial charge in [0.25, 0.3) is 0 Å². The molecule has 3 aromatic rings. The minimum atomic E-state index is -0.576. The summed E-state index contributed by atoms with van der Waals surface area (Å²) in [5.74, 6) is 1.48. The molecule has 2 aromatic carbocycles. The lowest BCUT2D eigenvalue weighted by atomic mass is 9.98. The number of hydrogen-bond donors (Lipinski definition) is 1. The predicted molar refractivity (Wildman–Crippen MR) is 115 cm³/mol. The van der Waals surface area contributed by atoms with Crippen molar-refractivity contribution in [2.75, 3.05) is 19.5 Å². The highest BCUT2D eigenvalue weighted by molar-refractivity contribution is 6.35. The zero-order valence-corrected chi connectivity index (χ0v) is 17.5. The summed E-state index contributed by atoms with van der Waals surface area (Å²) in [5.41, 5.74) is 2.12. The molecule has 30 heavy (non-hydrogen) atoms. The van der Waals surface area contributed by atoms with E-state index in [1.165, 1.54) is 7.11 Å². The molecule has 0 aliphatic heterocycles. The molecule has 4 rings (SSSR count). The van der Waals surface area contributed by atoms with Crippen molar-refractivity contribution in [2.24, 2.45) is 0 Å². The van der Waals surface area contributed by atoms with E-state index in [9.17, 15) is 4.79 Å². The van der Waals surface area contributed by atoms with E-state index in [2.05, 4.69) is 15.3 Å². The standard InChI is InChI=1S/C23H22ClN3O3/c1-29-17-12-10-15(11-13-17)19(14-6-4-3-5-7-14)25-22-18(24)20(23(28)30-2)26-21(27-22)16-8-9-16/h3-7,10-13,16,19H,8-9H2,1-2H3,(H,25,26,27). The molecule has 1 aliphatic rings. The number of methoxy groups -OCH3 is 2. The number of carbonyl (C=O) groups is 1. The lowest BCUT2D eigenvalue weighted by Crippen LogP contribution is -2.17. The smallest absolute Gasteiger partial charge is 0.358 e. The predicted octanol–water partition coefficient (Wildman–Crippen LogP) is 5.00. The maximum Gasteiger partial charge on any atom is 0.358 e. The molecular weight excluding hydrogens is 402 g/mol. The first-order valence-electron chi connectivity index (χ1n) is 9.72. The van der Waals surface area contributed by atoms with Crippen molar-refractivity contribution >= 4 is 23.4 Å². The number of benzene rings is 2. The van der Waals surface area contributed by atoms with Crippen LogP contribution in [0.25, 0.3) is 0 Å². The summed E-state index contributed by atoms with van der Waals surface area (Å²) in [6.07, 6.45) is 2.00. The maximum absolute atomic E-state index is 12.2. The lowest BCUT2D eigenvalue weighted by Gasteiger charge is -2.22. The van der Waals surface area contributed by atoms with Gasteiger partial charge in [-0.15, -0.1) is 0 Å². The van der Waals surface area contributed by atoms with Crippen molar-refractivity contribution in [1.29, 1.82) is 0 Å². The molecular formula is C23H22ClN3O3. The SMILES string of the molecule is COC(=O)c1nc(C2CC2)nc(NC(c2ccccc2)c2ccc(OC)cc2)c1Cl. The van der Waals surface area contributed by atoms with E-state index < -0.39 is 5.97 Å². The van der Waals surface area contributed by atoms with Crippen LogP contribution in [0.15, 0.2) is 54.6 Å². The number of anilines is 1. The highest BCUT2D eigenvalue weighted by atomic mass is 35.5. The molecule has 0 saturated heterocycles. The Bertz CT molecular complexity index is 1040. The van der Waals surface area contributed by atoms with E-state index in [0.29, 0.717) is 11.6 Å². The molecule has 1 fully saturated rings. The third kappa shape index (κ3) is 4.24. The molecule has 1 heterocycles. The van der Waals surface area contributed by atoms with Crippen LogP contribution in [0.4, 0.5) is 5.82 Å². The number of carbonyl (C=O) groups excluding carboxylic acids is 1. The first-order valence-corrected chi connectivity index (χ1v) is 10.1. The Kier molecular flexibility index (Phi) is 5.86. The Morgan fingerprint density at radius 1 is 1.03 bits per heavy atom. The van der Waals surface area contributed by atoms with Crippen LogP contribution in [-0.4, -0.2) is 30.2 Å². The fourth-order valence-corrected chi connectivity index (χ4v) is 3.47. The molecule has 0 radical (unpaired) electrons. The third-order valence-electron chi connectivity index (χ3n) is 5.05. The summed E-state index contributed by atoms with van der Waals surface area (Å²) >= 11 is 6.54. The summed E-state index contributed by atoms with van der Waals surface area (Å²) in [6.45, 7) is 0. The van der Waals surface area contributed by atoms with Crippen LogP contribution in [0.3, 0.4) is 0 Å². The Morgan fingerprint density at radius 3 is 2.30 bits per heavy atom. The van der Waals surface area contributed by atoms with Crippen LogP contribution >= 0.6 is 11.6 Å². The molecule has 1 aliphatic carbocycles. The van der Waals surface area contributed by atoms with Gasteiger partial charge in [0.05, 0.1) is 20.3 Å². The number of esters is 1. The van der Waals surface area contributed by atoms with Crippen LogP contribution in [0, 0.1) is 0 Å². The van der Waals surface area contributed by atoms with Gasteiger partial charge in [-0.1, -0.05) is 54.1 Å². The van der Waals surface area contributed by atoms with Gasteiger partial charge < -0.3 is 14.8 Å². The van der Waals surface area contributed by atoms with Crippen molar-refractivity contribution in [1.82, 2.24) is 9.97 Å². The van der Waals surface area contributed by atoms with E-state index in [-0.39, 0.29) is 22.7 Å². The average Bonchev–Trinajstić information content (AvgIpc) is 3.64. The van der Waals surface area contributed by atoms with Gasteiger partial charge in [0, 0.05) is 5.92 Å². The van der Waals surface area contributed by atoms with Gasteiger partial charge in [-0.25, -0.2) is 14.8 Å². The number of nitrogens with zero attached hydrogens (tertiary/aromatic N) is 2. The molecule has 1 N–H and O–H groups in total. The molecule has 7 heteroatoms. The number of rotatable bonds is 7. The minimum Gasteiger partial charge on any atom is -0.497 e. The Labute approximate surface area is 180 Å². The Balaban J connectivity index is 1.77. The quantitative estimate of drug-likeness (QED) is 0.539. The van der Waals surface area contributed by atoms with Crippen molar-refractivity contribution in [3.05, 3.63) is 82.3 Å². The van der Waals surface area contributed by atoms with Crippen molar-refractivity contribution in [2.45, 2.75) is 24.8 Å². The zero-order valence-electron chi connectivity index (χ0n) is 16.8. The zero-order chi connectivity index (χ0) is 21.1. The van der Waals surface area contributed by atoms with Crippen LogP contribution in [-0.2, 0) is 4.74 Å². The van der Waals surface area contributed by atoms with Gasteiger partial charge in [-0.2, -0.15) is 0 Å². The molecule has 1 saturated carbocycles.